The van der Waals surface area contributed by atoms with Crippen LogP contribution < -0.4 is 5.73 Å². The van der Waals surface area contributed by atoms with Gasteiger partial charge in [0.2, 0.25) is 0 Å². The number of nitrogens with two attached hydrogens (primary N) is 1. The number of hydrogen-bond donors (Lipinski definition) is 1. The monoisotopic (exact) mass is 331 g/mol. The molecule has 19 heavy (non-hydrogen) atoms. The van der Waals surface area contributed by atoms with Crippen LogP contribution in [0.4, 0.5) is 4.39 Å². The topological polar surface area (TPSA) is 44.5 Å². The van der Waals surface area contributed by atoms with E-state index in [9.17, 15) is 4.39 Å². The molecule has 5 heteroatoms. The van der Waals surface area contributed by atoms with Gasteiger partial charge in [-0.15, -0.1) is 0 Å². The Morgan fingerprint density at radius 3 is 2.74 bits per heavy atom. The van der Waals surface area contributed by atoms with E-state index in [0.717, 1.165) is 18.4 Å². The number of benzene rings is 1. The van der Waals surface area contributed by atoms with Crippen LogP contribution in [0.25, 0.3) is 0 Å². The molecule has 106 valence electrons. The fourth-order valence-electron chi connectivity index (χ4n) is 2.55. The molecule has 1 unspecified atom stereocenters. The standard InChI is InChI=1S/C14H19BrFNO2/c1-18-14(4-6-19-7-5-14)13(17)9-10-2-3-12(16)11(15)8-10/h2-3,8,13H,4-7,9,17H2,1H3. The third-order valence-corrected chi connectivity index (χ3v) is 4.47. The van der Waals surface area contributed by atoms with Crippen LogP contribution in [0.3, 0.4) is 0 Å². The Kier molecular flexibility index (Phi) is 4.95. The largest absolute Gasteiger partial charge is 0.381 e. The molecule has 3 nitrogen and oxygen atoms in total. The van der Waals surface area contributed by atoms with Gasteiger partial charge in [-0.1, -0.05) is 6.07 Å². The Balaban J connectivity index is 2.10. The zero-order valence-electron chi connectivity index (χ0n) is 11.0. The highest BCUT2D eigenvalue weighted by Gasteiger charge is 2.38. The van der Waals surface area contributed by atoms with Gasteiger partial charge in [0.05, 0.1) is 10.1 Å². The quantitative estimate of drug-likeness (QED) is 0.922. The maximum atomic E-state index is 13.2. The first-order valence-corrected chi connectivity index (χ1v) is 7.19. The summed E-state index contributed by atoms with van der Waals surface area (Å²) in [4.78, 5) is 0. The smallest absolute Gasteiger partial charge is 0.137 e. The maximum Gasteiger partial charge on any atom is 0.137 e. The number of hydrogen-bond acceptors (Lipinski definition) is 3. The first-order valence-electron chi connectivity index (χ1n) is 6.40. The van der Waals surface area contributed by atoms with Crippen molar-refractivity contribution in [2.24, 2.45) is 5.73 Å². The van der Waals surface area contributed by atoms with Gasteiger partial charge >= 0.3 is 0 Å². The second-order valence-corrected chi connectivity index (χ2v) is 5.79. The summed E-state index contributed by atoms with van der Waals surface area (Å²) in [5, 5.41) is 0. The normalized spacial score (nSPS) is 20.2. The van der Waals surface area contributed by atoms with Gasteiger partial charge in [-0.05, 0) is 40.0 Å². The molecule has 0 saturated carbocycles. The van der Waals surface area contributed by atoms with E-state index in [1.54, 1.807) is 19.2 Å². The predicted octanol–water partition coefficient (Wildman–Crippen LogP) is 2.65. The summed E-state index contributed by atoms with van der Waals surface area (Å²) in [6.45, 7) is 1.35. The molecule has 1 aromatic carbocycles. The lowest BCUT2D eigenvalue weighted by Crippen LogP contribution is -2.53. The summed E-state index contributed by atoms with van der Waals surface area (Å²) < 4.78 is 24.7. The van der Waals surface area contributed by atoms with Crippen molar-refractivity contribution in [3.8, 4) is 0 Å². The van der Waals surface area contributed by atoms with E-state index in [-0.39, 0.29) is 17.5 Å². The fourth-order valence-corrected chi connectivity index (χ4v) is 2.98. The van der Waals surface area contributed by atoms with Crippen molar-refractivity contribution in [3.05, 3.63) is 34.1 Å². The van der Waals surface area contributed by atoms with Gasteiger partial charge in [0.15, 0.2) is 0 Å². The number of halogens is 2. The van der Waals surface area contributed by atoms with Gasteiger partial charge in [-0.25, -0.2) is 4.39 Å². The SMILES string of the molecule is COC1(C(N)Cc2ccc(F)c(Br)c2)CCOCC1. The van der Waals surface area contributed by atoms with Crippen molar-refractivity contribution in [1.82, 2.24) is 0 Å². The van der Waals surface area contributed by atoms with Crippen LogP contribution in [0, 0.1) is 5.82 Å². The molecule has 1 aliphatic rings. The summed E-state index contributed by atoms with van der Waals surface area (Å²) >= 11 is 3.20. The molecule has 0 spiro atoms. The van der Waals surface area contributed by atoms with Gasteiger partial charge in [0, 0.05) is 39.2 Å². The Hall–Kier alpha value is -0.490. The minimum atomic E-state index is -0.334. The molecule has 1 fully saturated rings. The van der Waals surface area contributed by atoms with Crippen molar-refractivity contribution in [2.45, 2.75) is 30.9 Å². The lowest BCUT2D eigenvalue weighted by Gasteiger charge is -2.40. The summed E-state index contributed by atoms with van der Waals surface area (Å²) in [6.07, 6.45) is 2.26. The minimum absolute atomic E-state index is 0.126. The molecule has 1 saturated heterocycles. The molecule has 1 heterocycles. The van der Waals surface area contributed by atoms with Gasteiger partial charge < -0.3 is 15.2 Å². The van der Waals surface area contributed by atoms with Gasteiger partial charge in [0.1, 0.15) is 5.82 Å². The van der Waals surface area contributed by atoms with E-state index in [0.29, 0.717) is 24.1 Å². The van der Waals surface area contributed by atoms with E-state index in [1.165, 1.54) is 6.07 Å². The Morgan fingerprint density at radius 1 is 1.47 bits per heavy atom. The molecule has 0 radical (unpaired) electrons. The Labute approximate surface area is 121 Å². The van der Waals surface area contributed by atoms with E-state index in [1.807, 2.05) is 0 Å². The first kappa shape index (κ1) is 14.9. The van der Waals surface area contributed by atoms with Crippen LogP contribution in [-0.4, -0.2) is 32.0 Å². The van der Waals surface area contributed by atoms with Crippen molar-refractivity contribution in [2.75, 3.05) is 20.3 Å². The molecule has 2 N–H and O–H groups in total. The van der Waals surface area contributed by atoms with Crippen molar-refractivity contribution >= 4 is 15.9 Å². The van der Waals surface area contributed by atoms with Gasteiger partial charge in [0.25, 0.3) is 0 Å². The lowest BCUT2D eigenvalue weighted by atomic mass is 9.83. The molecule has 0 amide bonds. The predicted molar refractivity (Wildman–Crippen MR) is 75.6 cm³/mol. The van der Waals surface area contributed by atoms with E-state index in [4.69, 9.17) is 15.2 Å². The fraction of sp³-hybridized carbons (Fsp3) is 0.571. The van der Waals surface area contributed by atoms with Crippen LogP contribution >= 0.6 is 15.9 Å². The molecule has 1 aromatic rings. The zero-order valence-corrected chi connectivity index (χ0v) is 12.6. The molecular formula is C14H19BrFNO2. The molecule has 0 bridgehead atoms. The average molecular weight is 332 g/mol. The highest BCUT2D eigenvalue weighted by molar-refractivity contribution is 9.10. The number of ether oxygens (including phenoxy) is 2. The van der Waals surface area contributed by atoms with E-state index < -0.39 is 0 Å². The van der Waals surface area contributed by atoms with Crippen LogP contribution in [-0.2, 0) is 15.9 Å². The summed E-state index contributed by atoms with van der Waals surface area (Å²) in [6, 6.07) is 4.87. The van der Waals surface area contributed by atoms with Crippen LogP contribution in [0.15, 0.2) is 22.7 Å². The van der Waals surface area contributed by atoms with Crippen LogP contribution in [0.5, 0.6) is 0 Å². The Morgan fingerprint density at radius 2 is 2.16 bits per heavy atom. The maximum absolute atomic E-state index is 13.2. The lowest BCUT2D eigenvalue weighted by molar-refractivity contribution is -0.103. The molecular weight excluding hydrogens is 313 g/mol. The van der Waals surface area contributed by atoms with E-state index >= 15 is 0 Å². The van der Waals surface area contributed by atoms with E-state index in [2.05, 4.69) is 15.9 Å². The number of methoxy groups -OCH3 is 1. The molecule has 0 aliphatic carbocycles. The van der Waals surface area contributed by atoms with Gasteiger partial charge in [-0.3, -0.25) is 0 Å². The highest BCUT2D eigenvalue weighted by Crippen LogP contribution is 2.29. The van der Waals surface area contributed by atoms with Crippen LogP contribution in [0.1, 0.15) is 18.4 Å². The van der Waals surface area contributed by atoms with Crippen LogP contribution in [0.2, 0.25) is 0 Å². The van der Waals surface area contributed by atoms with Gasteiger partial charge in [-0.2, -0.15) is 0 Å². The molecule has 2 rings (SSSR count). The molecule has 0 aromatic heterocycles. The zero-order chi connectivity index (χ0) is 13.9. The summed E-state index contributed by atoms with van der Waals surface area (Å²) in [5.41, 5.74) is 6.99. The molecule has 1 atom stereocenters. The Bertz CT molecular complexity index is 435. The van der Waals surface area contributed by atoms with Crippen molar-refractivity contribution in [3.63, 3.8) is 0 Å². The summed E-state index contributed by atoms with van der Waals surface area (Å²) in [7, 11) is 1.70. The first-order chi connectivity index (χ1) is 9.07. The average Bonchev–Trinajstić information content (AvgIpc) is 2.43. The molecule has 1 aliphatic heterocycles. The third kappa shape index (κ3) is 3.34. The summed E-state index contributed by atoms with van der Waals surface area (Å²) in [5.74, 6) is -0.259. The highest BCUT2D eigenvalue weighted by atomic mass is 79.9. The van der Waals surface area contributed by atoms with Crippen molar-refractivity contribution in [1.29, 1.82) is 0 Å². The second kappa shape index (κ2) is 6.31. The second-order valence-electron chi connectivity index (χ2n) is 4.94. The third-order valence-electron chi connectivity index (χ3n) is 3.86. The minimum Gasteiger partial charge on any atom is -0.381 e. The van der Waals surface area contributed by atoms with Crippen molar-refractivity contribution < 1.29 is 13.9 Å². The number of rotatable bonds is 4.